The van der Waals surface area contributed by atoms with E-state index in [0.29, 0.717) is 22.4 Å². The first-order chi connectivity index (χ1) is 13.9. The highest BCUT2D eigenvalue weighted by molar-refractivity contribution is 6.07. The summed E-state index contributed by atoms with van der Waals surface area (Å²) in [5, 5.41) is 11.6. The van der Waals surface area contributed by atoms with E-state index in [9.17, 15) is 14.4 Å². The Labute approximate surface area is 167 Å². The molecule has 3 amide bonds. The Hall–Kier alpha value is -3.86. The summed E-state index contributed by atoms with van der Waals surface area (Å²) in [6.07, 6.45) is 0. The molecule has 1 atom stereocenters. The number of methoxy groups -OCH3 is 1. The number of carbonyl (C=O) groups excluding carboxylic acids is 3. The Morgan fingerprint density at radius 1 is 1.21 bits per heavy atom. The molecule has 1 heterocycles. The largest absolute Gasteiger partial charge is 0.492 e. The zero-order valence-corrected chi connectivity index (χ0v) is 16.0. The third kappa shape index (κ3) is 3.89. The Balaban J connectivity index is 1.66. The van der Waals surface area contributed by atoms with Gasteiger partial charge in [0, 0.05) is 0 Å². The molecule has 0 aromatic heterocycles. The molecule has 0 spiro atoms. The number of ether oxygens (including phenoxy) is 2. The zero-order chi connectivity index (χ0) is 21.0. The molecule has 2 aromatic carbocycles. The number of urea groups is 1. The molecule has 0 saturated carbocycles. The Morgan fingerprint density at radius 3 is 2.59 bits per heavy atom. The molecule has 2 aromatic rings. The van der Waals surface area contributed by atoms with Gasteiger partial charge in [-0.2, -0.15) is 5.26 Å². The average Bonchev–Trinajstić information content (AvgIpc) is 2.97. The van der Waals surface area contributed by atoms with Crippen LogP contribution in [0.3, 0.4) is 0 Å². The van der Waals surface area contributed by atoms with Crippen molar-refractivity contribution in [3.05, 3.63) is 65.2 Å². The molecule has 1 fully saturated rings. The minimum Gasteiger partial charge on any atom is -0.492 e. The highest BCUT2D eigenvalue weighted by Gasteiger charge is 2.48. The maximum absolute atomic E-state index is 12.9. The second-order valence-corrected chi connectivity index (χ2v) is 6.57. The van der Waals surface area contributed by atoms with E-state index >= 15 is 0 Å². The molecule has 0 radical (unpaired) electrons. The van der Waals surface area contributed by atoms with E-state index in [2.05, 4.69) is 10.1 Å². The van der Waals surface area contributed by atoms with Crippen molar-refractivity contribution >= 4 is 17.9 Å². The minimum absolute atomic E-state index is 0.0407. The van der Waals surface area contributed by atoms with Crippen LogP contribution >= 0.6 is 0 Å². The molecular formula is C21H19N3O5. The Morgan fingerprint density at radius 2 is 1.93 bits per heavy atom. The number of amides is 3. The molecule has 1 unspecified atom stereocenters. The SMILES string of the molecule is COC(=O)c1cccc(OCCN2C(=O)NC(C)(c3ccc(C#N)cc3)C2=O)c1. The van der Waals surface area contributed by atoms with E-state index in [0.717, 1.165) is 4.90 Å². The van der Waals surface area contributed by atoms with Crippen molar-refractivity contribution in [3.8, 4) is 11.8 Å². The predicted molar refractivity (Wildman–Crippen MR) is 102 cm³/mol. The fraction of sp³-hybridized carbons (Fsp3) is 0.238. The third-order valence-electron chi connectivity index (χ3n) is 4.71. The average molecular weight is 393 g/mol. The number of hydrogen-bond acceptors (Lipinski definition) is 6. The Bertz CT molecular complexity index is 996. The van der Waals surface area contributed by atoms with Crippen molar-refractivity contribution in [3.63, 3.8) is 0 Å². The van der Waals surface area contributed by atoms with Crippen molar-refractivity contribution in [1.82, 2.24) is 10.2 Å². The van der Waals surface area contributed by atoms with Gasteiger partial charge < -0.3 is 14.8 Å². The first kappa shape index (κ1) is 19.9. The van der Waals surface area contributed by atoms with E-state index in [-0.39, 0.29) is 13.2 Å². The topological polar surface area (TPSA) is 109 Å². The molecular weight excluding hydrogens is 374 g/mol. The lowest BCUT2D eigenvalue weighted by molar-refractivity contribution is -0.131. The second kappa shape index (κ2) is 8.02. The molecule has 3 rings (SSSR count). The molecule has 148 valence electrons. The number of esters is 1. The van der Waals surface area contributed by atoms with Crippen molar-refractivity contribution in [1.29, 1.82) is 5.26 Å². The lowest BCUT2D eigenvalue weighted by Gasteiger charge is -2.22. The van der Waals surface area contributed by atoms with E-state index in [1.54, 1.807) is 49.4 Å². The van der Waals surface area contributed by atoms with Crippen LogP contribution in [0, 0.1) is 11.3 Å². The van der Waals surface area contributed by atoms with E-state index < -0.39 is 23.4 Å². The zero-order valence-electron chi connectivity index (χ0n) is 16.0. The Kier molecular flexibility index (Phi) is 5.50. The summed E-state index contributed by atoms with van der Waals surface area (Å²) in [6, 6.07) is 14.4. The van der Waals surface area contributed by atoms with Crippen LogP contribution in [0.1, 0.15) is 28.4 Å². The van der Waals surface area contributed by atoms with Gasteiger partial charge in [0.2, 0.25) is 0 Å². The maximum atomic E-state index is 12.9. The van der Waals surface area contributed by atoms with Crippen LogP contribution in [0.25, 0.3) is 0 Å². The van der Waals surface area contributed by atoms with Gasteiger partial charge in [-0.25, -0.2) is 9.59 Å². The third-order valence-corrected chi connectivity index (χ3v) is 4.71. The quantitative estimate of drug-likeness (QED) is 0.595. The van der Waals surface area contributed by atoms with Gasteiger partial charge in [-0.15, -0.1) is 0 Å². The molecule has 1 aliphatic heterocycles. The van der Waals surface area contributed by atoms with Gasteiger partial charge in [-0.3, -0.25) is 9.69 Å². The predicted octanol–water partition coefficient (Wildman–Crippen LogP) is 2.19. The van der Waals surface area contributed by atoms with Crippen LogP contribution in [0.4, 0.5) is 4.79 Å². The number of nitrogens with zero attached hydrogens (tertiary/aromatic N) is 2. The number of nitrogens with one attached hydrogen (secondary N) is 1. The number of hydrogen-bond donors (Lipinski definition) is 1. The molecule has 1 saturated heterocycles. The smallest absolute Gasteiger partial charge is 0.337 e. The standard InChI is InChI=1S/C21H19N3O5/c1-21(16-8-6-14(13-22)7-9-16)19(26)24(20(27)23-21)10-11-29-17-5-3-4-15(12-17)18(25)28-2/h3-9,12H,10-11H2,1-2H3,(H,23,27). The van der Waals surface area contributed by atoms with Gasteiger partial charge in [0.25, 0.3) is 5.91 Å². The van der Waals surface area contributed by atoms with Crippen LogP contribution in [0.5, 0.6) is 5.75 Å². The monoisotopic (exact) mass is 393 g/mol. The number of carbonyl (C=O) groups is 3. The van der Waals surface area contributed by atoms with Crippen molar-refractivity contribution in [2.45, 2.75) is 12.5 Å². The molecule has 0 bridgehead atoms. The summed E-state index contributed by atoms with van der Waals surface area (Å²) < 4.78 is 10.3. The van der Waals surface area contributed by atoms with Gasteiger partial charge in [0.1, 0.15) is 17.9 Å². The number of benzene rings is 2. The van der Waals surface area contributed by atoms with E-state index in [4.69, 9.17) is 10.00 Å². The van der Waals surface area contributed by atoms with E-state index in [1.807, 2.05) is 6.07 Å². The number of imide groups is 1. The van der Waals surface area contributed by atoms with Crippen LogP contribution in [0.2, 0.25) is 0 Å². The van der Waals surface area contributed by atoms with Crippen LogP contribution in [-0.2, 0) is 15.1 Å². The normalized spacial score (nSPS) is 18.2. The first-order valence-corrected chi connectivity index (χ1v) is 8.85. The summed E-state index contributed by atoms with van der Waals surface area (Å²) in [7, 11) is 1.29. The molecule has 8 nitrogen and oxygen atoms in total. The van der Waals surface area contributed by atoms with Gasteiger partial charge >= 0.3 is 12.0 Å². The minimum atomic E-state index is -1.21. The van der Waals surface area contributed by atoms with Crippen LogP contribution < -0.4 is 10.1 Å². The summed E-state index contributed by atoms with van der Waals surface area (Å²) in [5.74, 6) is -0.461. The van der Waals surface area contributed by atoms with Gasteiger partial charge in [-0.05, 0) is 42.8 Å². The summed E-state index contributed by atoms with van der Waals surface area (Å²) >= 11 is 0. The van der Waals surface area contributed by atoms with Gasteiger partial charge in [-0.1, -0.05) is 18.2 Å². The molecule has 1 N–H and O–H groups in total. The molecule has 1 aliphatic rings. The highest BCUT2D eigenvalue weighted by Crippen LogP contribution is 2.29. The van der Waals surface area contributed by atoms with E-state index in [1.165, 1.54) is 13.2 Å². The molecule has 29 heavy (non-hydrogen) atoms. The number of rotatable bonds is 6. The van der Waals surface area contributed by atoms with Crippen molar-refractivity contribution in [2.24, 2.45) is 0 Å². The lowest BCUT2D eigenvalue weighted by atomic mass is 9.91. The number of nitriles is 1. The summed E-state index contributed by atoms with van der Waals surface area (Å²) in [6.45, 7) is 1.72. The van der Waals surface area contributed by atoms with Crippen LogP contribution in [-0.4, -0.2) is 43.1 Å². The van der Waals surface area contributed by atoms with Gasteiger partial charge in [0.15, 0.2) is 0 Å². The van der Waals surface area contributed by atoms with Crippen molar-refractivity contribution < 1.29 is 23.9 Å². The first-order valence-electron chi connectivity index (χ1n) is 8.85. The summed E-state index contributed by atoms with van der Waals surface area (Å²) in [4.78, 5) is 37.9. The lowest BCUT2D eigenvalue weighted by Crippen LogP contribution is -2.41. The maximum Gasteiger partial charge on any atom is 0.337 e. The second-order valence-electron chi connectivity index (χ2n) is 6.57. The molecule has 0 aliphatic carbocycles. The van der Waals surface area contributed by atoms with Crippen molar-refractivity contribution in [2.75, 3.05) is 20.3 Å². The van der Waals surface area contributed by atoms with Gasteiger partial charge in [0.05, 0.1) is 30.9 Å². The summed E-state index contributed by atoms with van der Waals surface area (Å²) in [5.41, 5.74) is 0.182. The highest BCUT2D eigenvalue weighted by atomic mass is 16.5. The fourth-order valence-electron chi connectivity index (χ4n) is 3.06. The molecule has 8 heteroatoms. The fourth-order valence-corrected chi connectivity index (χ4v) is 3.06. The van der Waals surface area contributed by atoms with Crippen LogP contribution in [0.15, 0.2) is 48.5 Å².